The molecule has 2 N–H and O–H groups in total. The van der Waals surface area contributed by atoms with Gasteiger partial charge in [0.15, 0.2) is 0 Å². The van der Waals surface area contributed by atoms with E-state index < -0.39 is 0 Å². The van der Waals surface area contributed by atoms with Crippen molar-refractivity contribution in [2.45, 2.75) is 25.8 Å². The van der Waals surface area contributed by atoms with Crippen molar-refractivity contribution in [3.8, 4) is 0 Å². The van der Waals surface area contributed by atoms with Crippen LogP contribution in [0.4, 0.5) is 0 Å². The fourth-order valence-corrected chi connectivity index (χ4v) is 4.36. The molecule has 31 heavy (non-hydrogen) atoms. The summed E-state index contributed by atoms with van der Waals surface area (Å²) < 4.78 is 0. The molecule has 0 atom stereocenters. The van der Waals surface area contributed by atoms with Gasteiger partial charge in [0.2, 0.25) is 0 Å². The average molecular weight is 462 g/mol. The summed E-state index contributed by atoms with van der Waals surface area (Å²) >= 11 is 6.00. The standard InChI is InChI=1S/C23H24ClN3O3.ClH/c24-18-6-4-5-16(13-18)15-27-22(29)19-8-7-17(14-20(19)23(27)30)21(28)25-9-12-26-10-2-1-3-11-26;/h4-8,13-14H,1-3,9-12,15H2,(H,25,28);1H. The zero-order valence-corrected chi connectivity index (χ0v) is 18.6. The lowest BCUT2D eigenvalue weighted by molar-refractivity contribution is -0.903. The molecule has 2 heterocycles. The number of imide groups is 1. The maximum atomic E-state index is 12.8. The van der Waals surface area contributed by atoms with E-state index in [0.717, 1.165) is 25.2 Å². The minimum Gasteiger partial charge on any atom is -1.00 e. The maximum Gasteiger partial charge on any atom is 0.261 e. The Hall–Kier alpha value is -2.41. The predicted molar refractivity (Wildman–Crippen MR) is 114 cm³/mol. The van der Waals surface area contributed by atoms with Crippen molar-refractivity contribution in [1.82, 2.24) is 10.2 Å². The third kappa shape index (κ3) is 5.26. The minimum absolute atomic E-state index is 0. The normalized spacial score (nSPS) is 16.1. The number of piperidine rings is 1. The highest BCUT2D eigenvalue weighted by atomic mass is 35.5. The Balaban J connectivity index is 0.00000272. The van der Waals surface area contributed by atoms with Crippen LogP contribution in [-0.4, -0.2) is 48.8 Å². The van der Waals surface area contributed by atoms with Gasteiger partial charge in [-0.2, -0.15) is 0 Å². The molecule has 0 spiro atoms. The molecule has 0 bridgehead atoms. The first-order valence-corrected chi connectivity index (χ1v) is 10.8. The largest absolute Gasteiger partial charge is 1.00 e. The van der Waals surface area contributed by atoms with Crippen LogP contribution in [0.3, 0.4) is 0 Å². The van der Waals surface area contributed by atoms with Gasteiger partial charge in [-0.1, -0.05) is 23.7 Å². The van der Waals surface area contributed by atoms with Gasteiger partial charge < -0.3 is 22.6 Å². The van der Waals surface area contributed by atoms with Crippen LogP contribution in [0.15, 0.2) is 42.5 Å². The molecule has 2 aromatic rings. The number of nitrogens with zero attached hydrogens (tertiary/aromatic N) is 1. The van der Waals surface area contributed by atoms with Crippen molar-refractivity contribution < 1.29 is 31.7 Å². The summed E-state index contributed by atoms with van der Waals surface area (Å²) in [5, 5.41) is 3.49. The molecule has 8 heteroatoms. The Morgan fingerprint density at radius 1 is 1.00 bits per heavy atom. The number of likely N-dealkylation sites (tertiary alicyclic amines) is 1. The van der Waals surface area contributed by atoms with E-state index in [0.29, 0.717) is 22.7 Å². The summed E-state index contributed by atoms with van der Waals surface area (Å²) in [6.07, 6.45) is 3.79. The number of nitrogens with one attached hydrogen (secondary N) is 2. The molecule has 3 amide bonds. The molecule has 2 aliphatic rings. The number of halogens is 2. The number of amides is 3. The first-order chi connectivity index (χ1) is 14.5. The molecule has 1 fully saturated rings. The summed E-state index contributed by atoms with van der Waals surface area (Å²) in [4.78, 5) is 40.8. The molecular weight excluding hydrogens is 437 g/mol. The van der Waals surface area contributed by atoms with Gasteiger partial charge in [-0.3, -0.25) is 19.3 Å². The first-order valence-electron chi connectivity index (χ1n) is 10.4. The van der Waals surface area contributed by atoms with Gasteiger partial charge in [-0.25, -0.2) is 0 Å². The number of carbonyl (C=O) groups is 3. The second kappa shape index (κ2) is 10.3. The molecule has 1 saturated heterocycles. The second-order valence-corrected chi connectivity index (χ2v) is 8.34. The number of fused-ring (bicyclic) bond motifs is 1. The van der Waals surface area contributed by atoms with E-state index in [1.54, 1.807) is 30.3 Å². The lowest BCUT2D eigenvalue weighted by Crippen LogP contribution is -3.13. The van der Waals surface area contributed by atoms with Crippen LogP contribution in [0.1, 0.15) is 55.9 Å². The molecule has 6 nitrogen and oxygen atoms in total. The van der Waals surface area contributed by atoms with Gasteiger partial charge >= 0.3 is 0 Å². The minimum atomic E-state index is -0.387. The molecule has 0 aliphatic carbocycles. The molecule has 0 radical (unpaired) electrons. The zero-order chi connectivity index (χ0) is 21.1. The van der Waals surface area contributed by atoms with Gasteiger partial charge in [0.05, 0.1) is 43.9 Å². The van der Waals surface area contributed by atoms with Crippen LogP contribution in [0.5, 0.6) is 0 Å². The highest BCUT2D eigenvalue weighted by Gasteiger charge is 2.36. The van der Waals surface area contributed by atoms with Crippen LogP contribution in [0.25, 0.3) is 0 Å². The Labute approximate surface area is 193 Å². The van der Waals surface area contributed by atoms with E-state index in [1.165, 1.54) is 35.1 Å². The van der Waals surface area contributed by atoms with E-state index in [4.69, 9.17) is 11.6 Å². The number of carbonyl (C=O) groups excluding carboxylic acids is 3. The van der Waals surface area contributed by atoms with Gasteiger partial charge in [0, 0.05) is 10.6 Å². The van der Waals surface area contributed by atoms with E-state index in [1.807, 2.05) is 6.07 Å². The number of hydrogen-bond donors (Lipinski definition) is 2. The quantitative estimate of drug-likeness (QED) is 0.538. The number of rotatable bonds is 6. The van der Waals surface area contributed by atoms with Crippen molar-refractivity contribution in [2.75, 3.05) is 26.2 Å². The Morgan fingerprint density at radius 3 is 2.48 bits per heavy atom. The Kier molecular flexibility index (Phi) is 7.70. The number of benzene rings is 2. The van der Waals surface area contributed by atoms with Crippen LogP contribution < -0.4 is 22.6 Å². The van der Waals surface area contributed by atoms with Crippen LogP contribution in [0, 0.1) is 0 Å². The number of quaternary nitrogens is 1. The van der Waals surface area contributed by atoms with Gasteiger partial charge in [-0.15, -0.1) is 0 Å². The third-order valence-corrected chi connectivity index (χ3v) is 6.02. The number of hydrogen-bond acceptors (Lipinski definition) is 3. The molecule has 4 rings (SSSR count). The van der Waals surface area contributed by atoms with Gasteiger partial charge in [0.1, 0.15) is 0 Å². The molecule has 2 aliphatic heterocycles. The smallest absolute Gasteiger partial charge is 0.261 e. The van der Waals surface area contributed by atoms with Crippen molar-refractivity contribution in [1.29, 1.82) is 0 Å². The molecule has 0 aromatic heterocycles. The first kappa shape index (κ1) is 23.3. The monoisotopic (exact) mass is 461 g/mol. The SMILES string of the molecule is O=C(NCC[NH+]1CCCCC1)c1ccc2c(c1)C(=O)N(Cc1cccc(Cl)c1)C2=O.[Cl-]. The topological polar surface area (TPSA) is 70.9 Å². The van der Waals surface area contributed by atoms with Crippen molar-refractivity contribution >= 4 is 29.3 Å². The maximum absolute atomic E-state index is 12.8. The van der Waals surface area contributed by atoms with E-state index in [2.05, 4.69) is 5.32 Å². The van der Waals surface area contributed by atoms with Crippen molar-refractivity contribution in [3.05, 3.63) is 69.7 Å². The third-order valence-electron chi connectivity index (χ3n) is 5.79. The fourth-order valence-electron chi connectivity index (χ4n) is 4.15. The van der Waals surface area contributed by atoms with E-state index >= 15 is 0 Å². The van der Waals surface area contributed by atoms with E-state index in [9.17, 15) is 14.4 Å². The summed E-state index contributed by atoms with van der Waals surface area (Å²) in [5.41, 5.74) is 1.77. The lowest BCUT2D eigenvalue weighted by Gasteiger charge is -2.23. The highest BCUT2D eigenvalue weighted by Crippen LogP contribution is 2.26. The summed E-state index contributed by atoms with van der Waals surface area (Å²) in [6, 6.07) is 11.8. The molecule has 0 saturated carbocycles. The lowest BCUT2D eigenvalue weighted by atomic mass is 10.1. The van der Waals surface area contributed by atoms with Gasteiger partial charge in [-0.05, 0) is 55.2 Å². The average Bonchev–Trinajstić information content (AvgIpc) is 2.99. The van der Waals surface area contributed by atoms with Crippen LogP contribution in [0.2, 0.25) is 5.02 Å². The van der Waals surface area contributed by atoms with Crippen molar-refractivity contribution in [2.24, 2.45) is 0 Å². The zero-order valence-electron chi connectivity index (χ0n) is 17.1. The molecule has 2 aromatic carbocycles. The van der Waals surface area contributed by atoms with Crippen LogP contribution in [-0.2, 0) is 6.54 Å². The Morgan fingerprint density at radius 2 is 1.74 bits per heavy atom. The summed E-state index contributed by atoms with van der Waals surface area (Å²) in [7, 11) is 0. The predicted octanol–water partition coefficient (Wildman–Crippen LogP) is -1.06. The summed E-state index contributed by atoms with van der Waals surface area (Å²) in [5.74, 6) is -0.958. The summed E-state index contributed by atoms with van der Waals surface area (Å²) in [6.45, 7) is 3.97. The second-order valence-electron chi connectivity index (χ2n) is 7.90. The van der Waals surface area contributed by atoms with Crippen molar-refractivity contribution in [3.63, 3.8) is 0 Å². The molecule has 0 unspecified atom stereocenters. The molecular formula is C23H25Cl2N3O3. The Bertz CT molecular complexity index is 990. The fraction of sp³-hybridized carbons (Fsp3) is 0.348. The van der Waals surface area contributed by atoms with Crippen LogP contribution >= 0.6 is 11.6 Å². The van der Waals surface area contributed by atoms with E-state index in [-0.39, 0.29) is 42.2 Å². The van der Waals surface area contributed by atoms with Gasteiger partial charge in [0.25, 0.3) is 17.7 Å². The highest BCUT2D eigenvalue weighted by molar-refractivity contribution is 6.30. The molecule has 164 valence electrons.